The number of nitrogens with zero attached hydrogens (tertiary/aromatic N) is 2. The van der Waals surface area contributed by atoms with Crippen molar-refractivity contribution in [1.82, 2.24) is 5.43 Å². The van der Waals surface area contributed by atoms with Crippen molar-refractivity contribution in [3.63, 3.8) is 0 Å². The first-order valence-electron chi connectivity index (χ1n) is 10.4. The van der Waals surface area contributed by atoms with Gasteiger partial charge in [-0.25, -0.2) is 13.8 Å². The molecule has 1 aliphatic carbocycles. The first kappa shape index (κ1) is 22.0. The second kappa shape index (κ2) is 10.4. The van der Waals surface area contributed by atoms with Crippen LogP contribution in [0, 0.1) is 0 Å². The summed E-state index contributed by atoms with van der Waals surface area (Å²) in [5, 5.41) is 4.32. The van der Waals surface area contributed by atoms with E-state index in [1.165, 1.54) is 29.8 Å². The predicted octanol–water partition coefficient (Wildman–Crippen LogP) is 4.48. The Hall–Kier alpha value is -2.67. The minimum atomic E-state index is -3.47. The topological polar surface area (TPSA) is 78.8 Å². The van der Waals surface area contributed by atoms with Crippen molar-refractivity contribution >= 4 is 27.3 Å². The number of rotatable bonds is 6. The van der Waals surface area contributed by atoms with E-state index in [9.17, 15) is 13.2 Å². The number of sulfonamides is 1. The van der Waals surface area contributed by atoms with E-state index in [4.69, 9.17) is 0 Å². The molecule has 0 aliphatic heterocycles. The molecule has 1 saturated carbocycles. The van der Waals surface area contributed by atoms with E-state index >= 15 is 0 Å². The van der Waals surface area contributed by atoms with Crippen molar-refractivity contribution in [2.75, 3.05) is 10.6 Å². The van der Waals surface area contributed by atoms with Gasteiger partial charge in [0.05, 0.1) is 18.5 Å². The molecule has 2 aromatic carbocycles. The standard InChI is InChI=1S/C23H29N3O3S/c1-30(28,29)26(18-19-10-6-5-7-11-19)22-16-14-20(15-17-22)23(27)25-24-21-12-8-3-2-4-9-13-21/h5-7,10-11,14-17H,2-4,8-9,12-13,18H2,1H3,(H,25,27). The zero-order chi connectivity index (χ0) is 21.4. The molecular formula is C23H29N3O3S. The van der Waals surface area contributed by atoms with E-state index in [0.29, 0.717) is 11.3 Å². The maximum atomic E-state index is 12.5. The van der Waals surface area contributed by atoms with E-state index < -0.39 is 10.0 Å². The number of hydrogen-bond acceptors (Lipinski definition) is 4. The number of anilines is 1. The third-order valence-electron chi connectivity index (χ3n) is 5.23. The lowest BCUT2D eigenvalue weighted by Gasteiger charge is -2.22. The van der Waals surface area contributed by atoms with Crippen LogP contribution < -0.4 is 9.73 Å². The summed E-state index contributed by atoms with van der Waals surface area (Å²) in [7, 11) is -3.47. The van der Waals surface area contributed by atoms with Gasteiger partial charge in [-0.05, 0) is 55.5 Å². The second-order valence-electron chi connectivity index (χ2n) is 7.69. The Labute approximate surface area is 179 Å². The summed E-state index contributed by atoms with van der Waals surface area (Å²) in [4.78, 5) is 12.5. The summed E-state index contributed by atoms with van der Waals surface area (Å²) in [6.07, 6.45) is 8.99. The minimum Gasteiger partial charge on any atom is -0.267 e. The third kappa shape index (κ3) is 6.42. The number of carbonyl (C=O) groups is 1. The molecule has 1 amide bonds. The van der Waals surface area contributed by atoms with Crippen LogP contribution >= 0.6 is 0 Å². The molecular weight excluding hydrogens is 398 g/mol. The van der Waals surface area contributed by atoms with Crippen molar-refractivity contribution in [2.45, 2.75) is 51.5 Å². The van der Waals surface area contributed by atoms with Crippen molar-refractivity contribution in [1.29, 1.82) is 0 Å². The number of nitrogens with one attached hydrogen (secondary N) is 1. The molecule has 0 spiro atoms. The quantitative estimate of drug-likeness (QED) is 0.690. The highest BCUT2D eigenvalue weighted by Crippen LogP contribution is 2.21. The van der Waals surface area contributed by atoms with E-state index in [0.717, 1.165) is 37.0 Å². The van der Waals surface area contributed by atoms with Gasteiger partial charge in [-0.2, -0.15) is 5.10 Å². The van der Waals surface area contributed by atoms with Crippen LogP contribution in [0.2, 0.25) is 0 Å². The molecule has 0 unspecified atom stereocenters. The minimum absolute atomic E-state index is 0.235. The Morgan fingerprint density at radius 3 is 2.13 bits per heavy atom. The van der Waals surface area contributed by atoms with Gasteiger partial charge < -0.3 is 0 Å². The molecule has 160 valence electrons. The molecule has 0 saturated heterocycles. The normalized spacial score (nSPS) is 15.0. The summed E-state index contributed by atoms with van der Waals surface area (Å²) in [6.45, 7) is 0.235. The Balaban J connectivity index is 1.69. The molecule has 30 heavy (non-hydrogen) atoms. The second-order valence-corrected chi connectivity index (χ2v) is 9.60. The Bertz CT molecular complexity index is 961. The number of hydrazone groups is 1. The summed E-state index contributed by atoms with van der Waals surface area (Å²) >= 11 is 0. The fourth-order valence-corrected chi connectivity index (χ4v) is 4.44. The first-order chi connectivity index (χ1) is 14.4. The zero-order valence-corrected chi connectivity index (χ0v) is 18.2. The van der Waals surface area contributed by atoms with Gasteiger partial charge in [0.15, 0.2) is 0 Å². The molecule has 1 N–H and O–H groups in total. The van der Waals surface area contributed by atoms with Crippen LogP contribution in [0.5, 0.6) is 0 Å². The van der Waals surface area contributed by atoms with Gasteiger partial charge in [0.25, 0.3) is 5.91 Å². The molecule has 0 atom stereocenters. The number of hydrogen-bond donors (Lipinski definition) is 1. The van der Waals surface area contributed by atoms with Crippen LogP contribution in [0.25, 0.3) is 0 Å². The van der Waals surface area contributed by atoms with Crippen molar-refractivity contribution in [3.05, 3.63) is 65.7 Å². The molecule has 1 fully saturated rings. The van der Waals surface area contributed by atoms with Crippen LogP contribution in [0.4, 0.5) is 5.69 Å². The number of carbonyl (C=O) groups excluding carboxylic acids is 1. The van der Waals surface area contributed by atoms with Crippen LogP contribution in [0.3, 0.4) is 0 Å². The molecule has 2 aromatic rings. The molecule has 6 nitrogen and oxygen atoms in total. The maximum absolute atomic E-state index is 12.5. The van der Waals surface area contributed by atoms with Gasteiger partial charge in [-0.15, -0.1) is 0 Å². The molecule has 1 aliphatic rings. The number of amides is 1. The van der Waals surface area contributed by atoms with E-state index in [1.54, 1.807) is 24.3 Å². The summed E-state index contributed by atoms with van der Waals surface area (Å²) in [5.74, 6) is -0.287. The fraction of sp³-hybridized carbons (Fsp3) is 0.391. The van der Waals surface area contributed by atoms with Gasteiger partial charge in [-0.3, -0.25) is 9.10 Å². The molecule has 0 radical (unpaired) electrons. The smallest absolute Gasteiger partial charge is 0.267 e. The zero-order valence-electron chi connectivity index (χ0n) is 17.4. The van der Waals surface area contributed by atoms with E-state index in [2.05, 4.69) is 10.5 Å². The lowest BCUT2D eigenvalue weighted by atomic mass is 9.99. The highest BCUT2D eigenvalue weighted by atomic mass is 32.2. The van der Waals surface area contributed by atoms with E-state index in [-0.39, 0.29) is 12.5 Å². The van der Waals surface area contributed by atoms with Gasteiger partial charge in [0.1, 0.15) is 0 Å². The van der Waals surface area contributed by atoms with Crippen LogP contribution in [-0.2, 0) is 16.6 Å². The number of benzene rings is 2. The SMILES string of the molecule is CS(=O)(=O)N(Cc1ccccc1)c1ccc(C(=O)NN=C2CCCCCCC2)cc1. The van der Waals surface area contributed by atoms with Gasteiger partial charge in [-0.1, -0.05) is 49.6 Å². The predicted molar refractivity (Wildman–Crippen MR) is 121 cm³/mol. The average Bonchev–Trinajstić information content (AvgIpc) is 2.71. The summed E-state index contributed by atoms with van der Waals surface area (Å²) in [6, 6.07) is 16.0. The third-order valence-corrected chi connectivity index (χ3v) is 6.37. The van der Waals surface area contributed by atoms with Gasteiger partial charge >= 0.3 is 0 Å². The summed E-state index contributed by atoms with van der Waals surface area (Å²) in [5.41, 5.74) is 5.55. The largest absolute Gasteiger partial charge is 0.271 e. The van der Waals surface area contributed by atoms with Crippen LogP contribution in [-0.4, -0.2) is 26.3 Å². The van der Waals surface area contributed by atoms with Crippen LogP contribution in [0.1, 0.15) is 60.9 Å². The lowest BCUT2D eigenvalue weighted by Crippen LogP contribution is -2.29. The van der Waals surface area contributed by atoms with Crippen molar-refractivity contribution < 1.29 is 13.2 Å². The molecule has 0 bridgehead atoms. The van der Waals surface area contributed by atoms with Gasteiger partial charge in [0, 0.05) is 11.3 Å². The summed E-state index contributed by atoms with van der Waals surface area (Å²) < 4.78 is 26.0. The molecule has 3 rings (SSSR count). The highest BCUT2D eigenvalue weighted by Gasteiger charge is 2.18. The van der Waals surface area contributed by atoms with Gasteiger partial charge in [0.2, 0.25) is 10.0 Å². The average molecular weight is 428 g/mol. The first-order valence-corrected chi connectivity index (χ1v) is 12.3. The van der Waals surface area contributed by atoms with Crippen molar-refractivity contribution in [3.8, 4) is 0 Å². The molecule has 7 heteroatoms. The lowest BCUT2D eigenvalue weighted by molar-refractivity contribution is 0.0954. The monoisotopic (exact) mass is 427 g/mol. The maximum Gasteiger partial charge on any atom is 0.271 e. The Morgan fingerprint density at radius 1 is 0.933 bits per heavy atom. The Morgan fingerprint density at radius 2 is 1.53 bits per heavy atom. The Kier molecular flexibility index (Phi) is 7.63. The van der Waals surface area contributed by atoms with Crippen molar-refractivity contribution in [2.24, 2.45) is 5.10 Å². The fourth-order valence-electron chi connectivity index (χ4n) is 3.55. The molecule has 0 heterocycles. The van der Waals surface area contributed by atoms with E-state index in [1.807, 2.05) is 30.3 Å². The van der Waals surface area contributed by atoms with Crippen LogP contribution in [0.15, 0.2) is 59.7 Å². The highest BCUT2D eigenvalue weighted by molar-refractivity contribution is 7.92. The molecule has 0 aromatic heterocycles.